The van der Waals surface area contributed by atoms with E-state index in [0.29, 0.717) is 21.3 Å². The first-order valence-corrected chi connectivity index (χ1v) is 17.7. The molecule has 50 heavy (non-hydrogen) atoms. The Morgan fingerprint density at radius 1 is 0.840 bits per heavy atom. The number of carbonyl (C=O) groups is 2. The van der Waals surface area contributed by atoms with E-state index in [0.717, 1.165) is 33.2 Å². The van der Waals surface area contributed by atoms with Gasteiger partial charge in [0, 0.05) is 16.9 Å². The summed E-state index contributed by atoms with van der Waals surface area (Å²) >= 11 is 2.62. The number of anilines is 2. The number of amides is 2. The fourth-order valence-corrected chi connectivity index (χ4v) is 9.04. The average molecular weight is 697 g/mol. The summed E-state index contributed by atoms with van der Waals surface area (Å²) in [6.07, 6.45) is 0. The molecule has 0 saturated heterocycles. The van der Waals surface area contributed by atoms with Crippen molar-refractivity contribution >= 4 is 67.5 Å². The molecular weight excluding hydrogens is 672 g/mol. The summed E-state index contributed by atoms with van der Waals surface area (Å²) < 4.78 is 21.8. The molecule has 2 amide bonds. The van der Waals surface area contributed by atoms with Crippen LogP contribution in [-0.2, 0) is 22.6 Å². The highest BCUT2D eigenvalue weighted by Gasteiger charge is 2.66. The number of para-hydroxylation sites is 1. The SMILES string of the molecule is Cc1ccc2oc3c(c(=O)c2c1)C1(C(=O)N(Cc2ccccc2F)c2ccccc21)N(c1nnc(SCc2cccc4ccccc24)s1)C3=O. The molecule has 4 heterocycles. The Morgan fingerprint density at radius 3 is 2.48 bits per heavy atom. The number of aromatic nitrogens is 2. The standard InChI is InChI=1S/C39H25FN4O4S2/c1-22-17-18-31-27(19-22)33(45)32-34(48-31)35(46)44(37-41-42-38(50-37)49-21-25-12-8-11-23-9-2-4-13-26(23)25)39(32)28-14-5-7-16-30(28)43(36(39)47)20-24-10-3-6-15-29(24)40/h2-19H,20-21H2,1H3. The lowest BCUT2D eigenvalue weighted by molar-refractivity contribution is -0.121. The molecule has 1 spiro atoms. The number of nitrogens with zero attached hydrogens (tertiary/aromatic N) is 4. The van der Waals surface area contributed by atoms with E-state index in [1.54, 1.807) is 60.7 Å². The lowest BCUT2D eigenvalue weighted by atomic mass is 9.84. The van der Waals surface area contributed by atoms with Crippen LogP contribution in [0.4, 0.5) is 15.2 Å². The van der Waals surface area contributed by atoms with E-state index < -0.39 is 28.6 Å². The van der Waals surface area contributed by atoms with Crippen molar-refractivity contribution in [3.63, 3.8) is 0 Å². The second-order valence-electron chi connectivity index (χ2n) is 12.3. The predicted molar refractivity (Wildman–Crippen MR) is 192 cm³/mol. The molecule has 0 fully saturated rings. The van der Waals surface area contributed by atoms with Crippen molar-refractivity contribution in [2.75, 3.05) is 9.80 Å². The molecule has 8 nitrogen and oxygen atoms in total. The largest absolute Gasteiger partial charge is 0.450 e. The number of halogens is 1. The van der Waals surface area contributed by atoms with Gasteiger partial charge in [-0.05, 0) is 47.5 Å². The van der Waals surface area contributed by atoms with Gasteiger partial charge in [-0.1, -0.05) is 114 Å². The number of aryl methyl sites for hydroxylation is 1. The van der Waals surface area contributed by atoms with Crippen LogP contribution in [0.1, 0.15) is 38.4 Å². The molecule has 9 rings (SSSR count). The fourth-order valence-electron chi connectivity index (χ4n) is 7.14. The second kappa shape index (κ2) is 11.5. The Labute approximate surface area is 292 Å². The van der Waals surface area contributed by atoms with Crippen LogP contribution in [0.3, 0.4) is 0 Å². The molecule has 0 bridgehead atoms. The second-order valence-corrected chi connectivity index (χ2v) is 14.4. The van der Waals surface area contributed by atoms with Gasteiger partial charge >= 0.3 is 0 Å². The van der Waals surface area contributed by atoms with Crippen molar-refractivity contribution in [3.8, 4) is 0 Å². The highest BCUT2D eigenvalue weighted by Crippen LogP contribution is 2.55. The van der Waals surface area contributed by atoms with E-state index in [9.17, 15) is 9.59 Å². The zero-order valence-electron chi connectivity index (χ0n) is 26.4. The first-order chi connectivity index (χ1) is 24.4. The molecule has 1 unspecified atom stereocenters. The van der Waals surface area contributed by atoms with Gasteiger partial charge in [0.2, 0.25) is 10.9 Å². The Balaban J connectivity index is 1.21. The highest BCUT2D eigenvalue weighted by molar-refractivity contribution is 8.00. The van der Waals surface area contributed by atoms with Crippen LogP contribution in [0.25, 0.3) is 21.7 Å². The Kier molecular flexibility index (Phi) is 6.97. The molecule has 0 N–H and O–H groups in total. The normalized spacial score (nSPS) is 16.6. The maximum absolute atomic E-state index is 15.2. The number of hydrogen-bond acceptors (Lipinski definition) is 8. The van der Waals surface area contributed by atoms with E-state index in [2.05, 4.69) is 34.5 Å². The molecule has 0 saturated carbocycles. The Hall–Kier alpha value is -5.65. The number of hydrogen-bond donors (Lipinski definition) is 0. The van der Waals surface area contributed by atoms with Crippen molar-refractivity contribution in [2.45, 2.75) is 29.1 Å². The van der Waals surface area contributed by atoms with Crippen LogP contribution in [0.2, 0.25) is 0 Å². The molecule has 0 aliphatic carbocycles. The smallest absolute Gasteiger partial charge is 0.297 e. The quantitative estimate of drug-likeness (QED) is 0.129. The maximum Gasteiger partial charge on any atom is 0.297 e. The summed E-state index contributed by atoms with van der Waals surface area (Å²) in [6, 6.07) is 32.6. The number of fused-ring (bicyclic) bond motifs is 6. The van der Waals surface area contributed by atoms with Gasteiger partial charge < -0.3 is 9.32 Å². The number of rotatable bonds is 6. The average Bonchev–Trinajstić information content (AvgIpc) is 3.77. The number of thioether (sulfide) groups is 1. The van der Waals surface area contributed by atoms with Gasteiger partial charge in [-0.15, -0.1) is 10.2 Å². The lowest BCUT2D eigenvalue weighted by Crippen LogP contribution is -2.53. The summed E-state index contributed by atoms with van der Waals surface area (Å²) in [5, 5.41) is 11.5. The minimum absolute atomic E-state index is 0.0887. The summed E-state index contributed by atoms with van der Waals surface area (Å²) in [4.78, 5) is 47.1. The topological polar surface area (TPSA) is 96.6 Å². The van der Waals surface area contributed by atoms with Gasteiger partial charge in [0.25, 0.3) is 11.8 Å². The van der Waals surface area contributed by atoms with E-state index in [4.69, 9.17) is 4.42 Å². The molecule has 1 atom stereocenters. The minimum atomic E-state index is -1.97. The summed E-state index contributed by atoms with van der Waals surface area (Å²) in [5.74, 6) is -1.39. The zero-order valence-corrected chi connectivity index (χ0v) is 28.1. The van der Waals surface area contributed by atoms with Crippen molar-refractivity contribution in [1.82, 2.24) is 10.2 Å². The van der Waals surface area contributed by atoms with E-state index in [1.807, 2.05) is 25.1 Å². The van der Waals surface area contributed by atoms with Crippen LogP contribution >= 0.6 is 23.1 Å². The monoisotopic (exact) mass is 696 g/mol. The van der Waals surface area contributed by atoms with Gasteiger partial charge in [-0.25, -0.2) is 4.39 Å². The van der Waals surface area contributed by atoms with Gasteiger partial charge in [0.1, 0.15) is 11.4 Å². The van der Waals surface area contributed by atoms with Crippen LogP contribution in [-0.4, -0.2) is 22.0 Å². The third kappa shape index (κ3) is 4.40. The van der Waals surface area contributed by atoms with Crippen LogP contribution in [0.15, 0.2) is 123 Å². The van der Waals surface area contributed by atoms with Gasteiger partial charge in [-0.3, -0.25) is 19.3 Å². The van der Waals surface area contributed by atoms with Gasteiger partial charge in [0.15, 0.2) is 15.3 Å². The number of benzene rings is 5. The van der Waals surface area contributed by atoms with Gasteiger partial charge in [-0.2, -0.15) is 0 Å². The van der Waals surface area contributed by atoms with E-state index in [1.165, 1.54) is 27.6 Å². The summed E-state index contributed by atoms with van der Waals surface area (Å²) in [7, 11) is 0. The molecule has 2 aliphatic rings. The van der Waals surface area contributed by atoms with Crippen molar-refractivity contribution in [2.24, 2.45) is 0 Å². The predicted octanol–water partition coefficient (Wildman–Crippen LogP) is 7.99. The van der Waals surface area contributed by atoms with Crippen molar-refractivity contribution < 1.29 is 18.4 Å². The van der Waals surface area contributed by atoms with E-state index >= 15 is 9.18 Å². The molecule has 0 radical (unpaired) electrons. The van der Waals surface area contributed by atoms with Crippen molar-refractivity contribution in [3.05, 3.63) is 159 Å². The summed E-state index contributed by atoms with van der Waals surface area (Å²) in [6.45, 7) is 1.73. The first-order valence-electron chi connectivity index (χ1n) is 15.9. The summed E-state index contributed by atoms with van der Waals surface area (Å²) in [5.41, 5.74) is 0.745. The van der Waals surface area contributed by atoms with Crippen LogP contribution in [0, 0.1) is 12.7 Å². The fraction of sp³-hybridized carbons (Fsp3) is 0.103. The van der Waals surface area contributed by atoms with Gasteiger partial charge in [0.05, 0.1) is 23.2 Å². The third-order valence-electron chi connectivity index (χ3n) is 9.38. The number of carbonyl (C=O) groups excluding carboxylic acids is 2. The molecule has 2 aliphatic heterocycles. The van der Waals surface area contributed by atoms with E-state index in [-0.39, 0.29) is 39.5 Å². The molecule has 11 heteroatoms. The zero-order chi connectivity index (χ0) is 34.1. The molecule has 5 aromatic carbocycles. The van der Waals surface area contributed by atoms with Crippen molar-refractivity contribution in [1.29, 1.82) is 0 Å². The van der Waals surface area contributed by atoms with Crippen LogP contribution in [0.5, 0.6) is 0 Å². The minimum Gasteiger partial charge on any atom is -0.450 e. The lowest BCUT2D eigenvalue weighted by Gasteiger charge is -2.32. The maximum atomic E-state index is 15.2. The molecule has 2 aromatic heterocycles. The first kappa shape index (κ1) is 30.4. The highest BCUT2D eigenvalue weighted by atomic mass is 32.2. The Morgan fingerprint density at radius 2 is 1.60 bits per heavy atom. The third-order valence-corrected chi connectivity index (χ3v) is 11.5. The van der Waals surface area contributed by atoms with Crippen LogP contribution < -0.4 is 15.2 Å². The molecule has 7 aromatic rings. The molecule has 244 valence electrons. The molecular formula is C39H25FN4O4S2. The Bertz CT molecular complexity index is 2610.